The third kappa shape index (κ3) is 1.22. The molecule has 0 atom stereocenters. The number of aromatic nitrogens is 3. The van der Waals surface area contributed by atoms with Crippen molar-refractivity contribution in [2.45, 2.75) is 0 Å². The minimum atomic E-state index is -0.500. The van der Waals surface area contributed by atoms with Crippen molar-refractivity contribution >= 4 is 5.82 Å². The summed E-state index contributed by atoms with van der Waals surface area (Å²) in [5.74, 6) is -0.468. The number of nitrogens with two attached hydrogens (primary N) is 1. The summed E-state index contributed by atoms with van der Waals surface area (Å²) in [6, 6.07) is 3.46. The van der Waals surface area contributed by atoms with Crippen molar-refractivity contribution in [3.05, 3.63) is 30.3 Å². The predicted molar refractivity (Wildman–Crippen MR) is 50.8 cm³/mol. The molecule has 2 aromatic heterocycles. The van der Waals surface area contributed by atoms with Crippen LogP contribution in [0.25, 0.3) is 11.3 Å². The zero-order valence-corrected chi connectivity index (χ0v) is 7.61. The summed E-state index contributed by atoms with van der Waals surface area (Å²) in [7, 11) is 1.60. The summed E-state index contributed by atoms with van der Waals surface area (Å²) >= 11 is 0. The topological polar surface area (TPSA) is 56.7 Å². The number of rotatable bonds is 1. The maximum absolute atomic E-state index is 13.5. The van der Waals surface area contributed by atoms with Crippen LogP contribution in [0.1, 0.15) is 0 Å². The molecule has 5 heteroatoms. The van der Waals surface area contributed by atoms with Crippen molar-refractivity contribution in [1.82, 2.24) is 14.8 Å². The van der Waals surface area contributed by atoms with Gasteiger partial charge in [0.05, 0.1) is 0 Å². The van der Waals surface area contributed by atoms with Crippen molar-refractivity contribution in [3.63, 3.8) is 0 Å². The second-order valence-electron chi connectivity index (χ2n) is 2.91. The summed E-state index contributed by atoms with van der Waals surface area (Å²) < 4.78 is 14.8. The fraction of sp³-hybridized carbons (Fsp3) is 0.111. The van der Waals surface area contributed by atoms with Crippen LogP contribution in [0.5, 0.6) is 0 Å². The largest absolute Gasteiger partial charge is 0.381 e. The van der Waals surface area contributed by atoms with Gasteiger partial charge in [-0.25, -0.2) is 9.07 Å². The van der Waals surface area contributed by atoms with Gasteiger partial charge in [0, 0.05) is 25.0 Å². The Morgan fingerprint density at radius 2 is 2.29 bits per heavy atom. The van der Waals surface area contributed by atoms with Crippen LogP contribution < -0.4 is 5.73 Å². The first-order valence-electron chi connectivity index (χ1n) is 4.08. The number of nitrogens with zero attached hydrogens (tertiary/aromatic N) is 3. The van der Waals surface area contributed by atoms with Crippen molar-refractivity contribution < 1.29 is 4.39 Å². The van der Waals surface area contributed by atoms with E-state index in [9.17, 15) is 4.39 Å². The van der Waals surface area contributed by atoms with Gasteiger partial charge in [-0.2, -0.15) is 5.10 Å². The number of hydrogen-bond donors (Lipinski definition) is 1. The lowest BCUT2D eigenvalue weighted by Gasteiger charge is -1.93. The molecule has 0 aromatic carbocycles. The molecular formula is C9H9FN4. The van der Waals surface area contributed by atoms with Gasteiger partial charge in [-0.05, 0) is 12.1 Å². The van der Waals surface area contributed by atoms with Crippen molar-refractivity contribution in [1.29, 1.82) is 0 Å². The van der Waals surface area contributed by atoms with Crippen LogP contribution in [0.2, 0.25) is 0 Å². The van der Waals surface area contributed by atoms with Gasteiger partial charge in [-0.1, -0.05) is 0 Å². The summed E-state index contributed by atoms with van der Waals surface area (Å²) in [6.45, 7) is 0. The maximum Gasteiger partial charge on any atom is 0.192 e. The Balaban J connectivity index is 2.58. The lowest BCUT2D eigenvalue weighted by molar-refractivity contribution is 0.634. The molecule has 0 aliphatic heterocycles. The average molecular weight is 192 g/mol. The summed E-state index contributed by atoms with van der Waals surface area (Å²) in [4.78, 5) is 3.88. The highest BCUT2D eigenvalue weighted by Crippen LogP contribution is 2.23. The second-order valence-corrected chi connectivity index (χ2v) is 2.91. The molecule has 0 fully saturated rings. The van der Waals surface area contributed by atoms with Crippen LogP contribution >= 0.6 is 0 Å². The summed E-state index contributed by atoms with van der Waals surface area (Å²) in [5, 5.41) is 3.96. The number of anilines is 1. The Bertz CT molecular complexity index is 449. The molecule has 0 bridgehead atoms. The molecule has 0 saturated carbocycles. The molecule has 0 spiro atoms. The molecular weight excluding hydrogens is 183 g/mol. The van der Waals surface area contributed by atoms with E-state index in [2.05, 4.69) is 10.1 Å². The first kappa shape index (κ1) is 8.68. The minimum Gasteiger partial charge on any atom is -0.381 e. The molecule has 0 amide bonds. The first-order valence-corrected chi connectivity index (χ1v) is 4.08. The van der Waals surface area contributed by atoms with Crippen LogP contribution in [0.15, 0.2) is 24.5 Å². The molecule has 72 valence electrons. The summed E-state index contributed by atoms with van der Waals surface area (Å²) in [6.07, 6.45) is 3.17. The molecule has 0 aliphatic carbocycles. The number of hydrogen-bond acceptors (Lipinski definition) is 3. The van der Waals surface area contributed by atoms with Crippen LogP contribution in [-0.2, 0) is 7.05 Å². The third-order valence-electron chi connectivity index (χ3n) is 1.97. The van der Waals surface area contributed by atoms with E-state index in [-0.39, 0.29) is 11.5 Å². The number of aryl methyl sites for hydroxylation is 1. The molecule has 0 saturated heterocycles. The average Bonchev–Trinajstić information content (AvgIpc) is 2.47. The molecule has 2 heterocycles. The quantitative estimate of drug-likeness (QED) is 0.738. The van der Waals surface area contributed by atoms with Crippen molar-refractivity contribution in [2.75, 3.05) is 5.73 Å². The highest BCUT2D eigenvalue weighted by atomic mass is 19.1. The van der Waals surface area contributed by atoms with Crippen LogP contribution in [-0.4, -0.2) is 14.8 Å². The minimum absolute atomic E-state index is 0.0313. The van der Waals surface area contributed by atoms with E-state index in [1.807, 2.05) is 0 Å². The smallest absolute Gasteiger partial charge is 0.192 e. The van der Waals surface area contributed by atoms with Crippen molar-refractivity contribution in [2.24, 2.45) is 7.05 Å². The number of halogens is 1. The van der Waals surface area contributed by atoms with Gasteiger partial charge in [0.15, 0.2) is 11.6 Å². The van der Waals surface area contributed by atoms with E-state index in [4.69, 9.17) is 5.73 Å². The molecule has 0 aliphatic rings. The lowest BCUT2D eigenvalue weighted by atomic mass is 10.2. The molecule has 0 unspecified atom stereocenters. The van der Waals surface area contributed by atoms with E-state index in [1.54, 1.807) is 31.6 Å². The molecule has 2 rings (SSSR count). The van der Waals surface area contributed by atoms with Gasteiger partial charge in [0.2, 0.25) is 0 Å². The van der Waals surface area contributed by atoms with Gasteiger partial charge in [-0.15, -0.1) is 0 Å². The van der Waals surface area contributed by atoms with Crippen LogP contribution in [0.4, 0.5) is 10.2 Å². The Morgan fingerprint density at radius 3 is 2.79 bits per heavy atom. The maximum atomic E-state index is 13.5. The zero-order chi connectivity index (χ0) is 10.1. The summed E-state index contributed by atoms with van der Waals surface area (Å²) in [5.41, 5.74) is 6.30. The van der Waals surface area contributed by atoms with Crippen LogP contribution in [0, 0.1) is 5.82 Å². The van der Waals surface area contributed by atoms with Gasteiger partial charge in [0.1, 0.15) is 5.69 Å². The molecule has 4 nitrogen and oxygen atoms in total. The Hall–Kier alpha value is -1.91. The Labute approximate surface area is 80.2 Å². The van der Waals surface area contributed by atoms with Gasteiger partial charge < -0.3 is 5.73 Å². The first-order chi connectivity index (χ1) is 6.70. The van der Waals surface area contributed by atoms with Gasteiger partial charge >= 0.3 is 0 Å². The predicted octanol–water partition coefficient (Wildman–Crippen LogP) is 1.20. The monoisotopic (exact) mass is 192 g/mol. The second kappa shape index (κ2) is 3.10. The zero-order valence-electron chi connectivity index (χ0n) is 7.61. The van der Waals surface area contributed by atoms with Crippen molar-refractivity contribution in [3.8, 4) is 11.3 Å². The highest BCUT2D eigenvalue weighted by molar-refractivity contribution is 5.62. The number of pyridine rings is 1. The molecule has 0 radical (unpaired) electrons. The SMILES string of the molecule is Cn1nc(-c2cccnc2)c(F)c1N. The Morgan fingerprint density at radius 1 is 1.50 bits per heavy atom. The van der Waals surface area contributed by atoms with Crippen LogP contribution in [0.3, 0.4) is 0 Å². The van der Waals surface area contributed by atoms with Gasteiger partial charge in [-0.3, -0.25) is 4.98 Å². The van der Waals surface area contributed by atoms with E-state index >= 15 is 0 Å². The Kier molecular flexibility index (Phi) is 1.92. The molecule has 2 N–H and O–H groups in total. The highest BCUT2D eigenvalue weighted by Gasteiger charge is 2.14. The van der Waals surface area contributed by atoms with E-state index in [0.717, 1.165) is 0 Å². The molecule has 2 aromatic rings. The normalized spacial score (nSPS) is 10.4. The molecule has 14 heavy (non-hydrogen) atoms. The fourth-order valence-electron chi connectivity index (χ4n) is 1.20. The van der Waals surface area contributed by atoms with E-state index in [0.29, 0.717) is 5.56 Å². The fourth-order valence-corrected chi connectivity index (χ4v) is 1.20. The van der Waals surface area contributed by atoms with Gasteiger partial charge in [0.25, 0.3) is 0 Å². The lowest BCUT2D eigenvalue weighted by Crippen LogP contribution is -1.97. The van der Waals surface area contributed by atoms with E-state index in [1.165, 1.54) is 4.68 Å². The van der Waals surface area contributed by atoms with E-state index < -0.39 is 5.82 Å². The standard InChI is InChI=1S/C9H9FN4/c1-14-9(11)7(10)8(13-14)6-3-2-4-12-5-6/h2-5H,11H2,1H3. The number of nitrogen functional groups attached to an aromatic ring is 1. The third-order valence-corrected chi connectivity index (χ3v) is 1.97.